The van der Waals surface area contributed by atoms with E-state index >= 15 is 0 Å². The molecule has 2 aromatic rings. The highest BCUT2D eigenvalue weighted by Gasteiger charge is 2.43. The first-order valence-electron chi connectivity index (χ1n) is 11.8. The average Bonchev–Trinajstić information content (AvgIpc) is 2.85. The van der Waals surface area contributed by atoms with Crippen LogP contribution in [0.3, 0.4) is 0 Å². The van der Waals surface area contributed by atoms with E-state index in [0.717, 1.165) is 12.1 Å². The quantitative estimate of drug-likeness (QED) is 0.437. The number of allylic oxidation sites excluding steroid dienone is 2. The fraction of sp³-hybridized carbons (Fsp3) is 0.321. The minimum Gasteiger partial charge on any atom is -0.478 e. The Balaban J connectivity index is 1.95. The molecule has 0 saturated carbocycles. The lowest BCUT2D eigenvalue weighted by molar-refractivity contribution is -0.144. The minimum atomic E-state index is -4.80. The first-order chi connectivity index (χ1) is 17.8. The van der Waals surface area contributed by atoms with E-state index in [1.165, 1.54) is 26.0 Å². The first-order valence-corrected chi connectivity index (χ1v) is 11.8. The van der Waals surface area contributed by atoms with E-state index in [1.54, 1.807) is 44.2 Å². The van der Waals surface area contributed by atoms with Gasteiger partial charge < -0.3 is 19.9 Å². The van der Waals surface area contributed by atoms with Crippen molar-refractivity contribution in [3.05, 3.63) is 93.8 Å². The number of hydrogen-bond acceptors (Lipinski definition) is 6. The second-order valence-corrected chi connectivity index (χ2v) is 9.18. The smallest absolute Gasteiger partial charge is 0.416 e. The molecule has 0 saturated heterocycles. The predicted octanol–water partition coefficient (Wildman–Crippen LogP) is 5.45. The number of esters is 2. The van der Waals surface area contributed by atoms with Crippen molar-refractivity contribution in [1.82, 2.24) is 5.32 Å². The molecule has 0 fully saturated rings. The maximum atomic E-state index is 13.9. The van der Waals surface area contributed by atoms with Crippen molar-refractivity contribution in [3.63, 3.8) is 0 Å². The van der Waals surface area contributed by atoms with Gasteiger partial charge in [-0.2, -0.15) is 13.2 Å². The topological polar surface area (TPSA) is 102 Å². The molecule has 202 valence electrons. The van der Waals surface area contributed by atoms with Crippen LogP contribution in [-0.4, -0.2) is 35.7 Å². The molecule has 38 heavy (non-hydrogen) atoms. The average molecular weight is 532 g/mol. The number of carboxylic acids is 1. The van der Waals surface area contributed by atoms with Crippen molar-refractivity contribution in [1.29, 1.82) is 0 Å². The Hall–Kier alpha value is -4.08. The molecule has 10 heteroatoms. The van der Waals surface area contributed by atoms with Crippen LogP contribution in [0.5, 0.6) is 0 Å². The molecular formula is C28H28F3NO6. The second-order valence-electron chi connectivity index (χ2n) is 9.18. The van der Waals surface area contributed by atoms with E-state index in [2.05, 4.69) is 5.32 Å². The molecule has 1 aliphatic heterocycles. The first kappa shape index (κ1) is 28.5. The maximum absolute atomic E-state index is 13.9. The molecule has 2 atom stereocenters. The van der Waals surface area contributed by atoms with E-state index in [1.807, 2.05) is 0 Å². The summed E-state index contributed by atoms with van der Waals surface area (Å²) in [6.45, 7) is 5.99. The van der Waals surface area contributed by atoms with Crippen molar-refractivity contribution in [2.45, 2.75) is 45.9 Å². The number of rotatable bonds is 8. The summed E-state index contributed by atoms with van der Waals surface area (Å²) in [5.41, 5.74) is -1.58. The summed E-state index contributed by atoms with van der Waals surface area (Å²) < 4.78 is 52.7. The van der Waals surface area contributed by atoms with Gasteiger partial charge in [-0.05, 0) is 43.5 Å². The zero-order valence-corrected chi connectivity index (χ0v) is 21.3. The Morgan fingerprint density at radius 1 is 0.921 bits per heavy atom. The standard InChI is InChI=1S/C28H28F3NO6/c1-15(2)21(38-26(35)18-10-6-5-7-11-18)14-37-27(36)23-17(4)32-16(3)22(25(33)34)24(23)19-12-8-9-13-20(19)28(29,30)31/h5-13,15,21,24,32H,14H2,1-4H3,(H,33,34). The van der Waals surface area contributed by atoms with Gasteiger partial charge in [0.15, 0.2) is 0 Å². The largest absolute Gasteiger partial charge is 0.478 e. The highest BCUT2D eigenvalue weighted by molar-refractivity contribution is 5.99. The summed E-state index contributed by atoms with van der Waals surface area (Å²) in [6, 6.07) is 12.7. The molecule has 0 amide bonds. The van der Waals surface area contributed by atoms with Crippen LogP contribution < -0.4 is 5.32 Å². The molecule has 0 radical (unpaired) electrons. The van der Waals surface area contributed by atoms with Crippen LogP contribution in [0.4, 0.5) is 13.2 Å². The highest BCUT2D eigenvalue weighted by Crippen LogP contribution is 2.44. The molecule has 0 spiro atoms. The minimum absolute atomic E-state index is 0.102. The molecule has 1 aliphatic rings. The van der Waals surface area contributed by atoms with Gasteiger partial charge in [0.2, 0.25) is 0 Å². The number of carbonyl (C=O) groups excluding carboxylic acids is 2. The fourth-order valence-electron chi connectivity index (χ4n) is 4.24. The molecular weight excluding hydrogens is 503 g/mol. The van der Waals surface area contributed by atoms with Gasteiger partial charge in [-0.3, -0.25) is 0 Å². The number of alkyl halides is 3. The lowest BCUT2D eigenvalue weighted by Gasteiger charge is -2.31. The number of hydrogen-bond donors (Lipinski definition) is 2. The van der Waals surface area contributed by atoms with Crippen molar-refractivity contribution < 1.29 is 42.1 Å². The van der Waals surface area contributed by atoms with Crippen LogP contribution >= 0.6 is 0 Å². The Labute approximate surface area is 217 Å². The van der Waals surface area contributed by atoms with Gasteiger partial charge in [-0.25, -0.2) is 14.4 Å². The Kier molecular flexibility index (Phi) is 8.65. The summed E-state index contributed by atoms with van der Waals surface area (Å²) in [5, 5.41) is 12.7. The van der Waals surface area contributed by atoms with Gasteiger partial charge in [0.05, 0.1) is 28.2 Å². The van der Waals surface area contributed by atoms with Crippen LogP contribution in [0.1, 0.15) is 55.1 Å². The zero-order valence-electron chi connectivity index (χ0n) is 21.3. The summed E-state index contributed by atoms with van der Waals surface area (Å²) in [7, 11) is 0. The lowest BCUT2D eigenvalue weighted by Crippen LogP contribution is -2.35. The molecule has 1 heterocycles. The van der Waals surface area contributed by atoms with Crippen molar-refractivity contribution >= 4 is 17.9 Å². The number of carbonyl (C=O) groups is 3. The van der Waals surface area contributed by atoms with Gasteiger partial charge in [0.25, 0.3) is 0 Å². The van der Waals surface area contributed by atoms with Crippen LogP contribution in [0.2, 0.25) is 0 Å². The third-order valence-electron chi connectivity index (χ3n) is 6.18. The van der Waals surface area contributed by atoms with Gasteiger partial charge in [0.1, 0.15) is 12.7 Å². The van der Waals surface area contributed by atoms with Gasteiger partial charge in [0, 0.05) is 11.4 Å². The molecule has 0 aromatic heterocycles. The lowest BCUT2D eigenvalue weighted by atomic mass is 9.78. The van der Waals surface area contributed by atoms with Crippen LogP contribution in [0.15, 0.2) is 77.1 Å². The Morgan fingerprint density at radius 2 is 1.50 bits per heavy atom. The summed E-state index contributed by atoms with van der Waals surface area (Å²) in [4.78, 5) is 38.1. The summed E-state index contributed by atoms with van der Waals surface area (Å²) in [6.07, 6.45) is -5.66. The number of ether oxygens (including phenoxy) is 2. The molecule has 2 aromatic carbocycles. The third-order valence-corrected chi connectivity index (χ3v) is 6.18. The number of carboxylic acid groups (broad SMARTS) is 1. The van der Waals surface area contributed by atoms with E-state index in [4.69, 9.17) is 9.47 Å². The fourth-order valence-corrected chi connectivity index (χ4v) is 4.24. The molecule has 2 N–H and O–H groups in total. The monoisotopic (exact) mass is 531 g/mol. The number of benzene rings is 2. The molecule has 0 bridgehead atoms. The van der Waals surface area contributed by atoms with E-state index < -0.39 is 47.2 Å². The van der Waals surface area contributed by atoms with Crippen molar-refractivity contribution in [2.24, 2.45) is 5.92 Å². The predicted molar refractivity (Wildman–Crippen MR) is 132 cm³/mol. The van der Waals surface area contributed by atoms with Crippen molar-refractivity contribution in [3.8, 4) is 0 Å². The Bertz CT molecular complexity index is 1280. The third kappa shape index (κ3) is 6.24. The zero-order chi connectivity index (χ0) is 28.2. The second kappa shape index (κ2) is 11.5. The van der Waals surface area contributed by atoms with Crippen molar-refractivity contribution in [2.75, 3.05) is 6.61 Å². The SMILES string of the molecule is CC1=C(C(=O)O)C(c2ccccc2C(F)(F)F)C(C(=O)OCC(OC(=O)c2ccccc2)C(C)C)=C(C)N1. The van der Waals surface area contributed by atoms with Crippen LogP contribution in [-0.2, 0) is 25.2 Å². The van der Waals surface area contributed by atoms with Gasteiger partial charge in [-0.15, -0.1) is 0 Å². The maximum Gasteiger partial charge on any atom is 0.416 e. The number of halogens is 3. The Morgan fingerprint density at radius 3 is 2.08 bits per heavy atom. The summed E-state index contributed by atoms with van der Waals surface area (Å²) in [5.74, 6) is -4.95. The number of aliphatic carboxylic acids is 1. The van der Waals surface area contributed by atoms with E-state index in [0.29, 0.717) is 5.56 Å². The summed E-state index contributed by atoms with van der Waals surface area (Å²) >= 11 is 0. The van der Waals surface area contributed by atoms with Gasteiger partial charge >= 0.3 is 24.1 Å². The van der Waals surface area contributed by atoms with Crippen LogP contribution in [0.25, 0.3) is 0 Å². The molecule has 3 rings (SSSR count). The van der Waals surface area contributed by atoms with E-state index in [-0.39, 0.29) is 35.1 Å². The normalized spacial score (nSPS) is 16.7. The molecule has 2 unspecified atom stereocenters. The molecule has 0 aliphatic carbocycles. The van der Waals surface area contributed by atoms with Crippen LogP contribution in [0, 0.1) is 5.92 Å². The van der Waals surface area contributed by atoms with Gasteiger partial charge in [-0.1, -0.05) is 50.2 Å². The molecule has 7 nitrogen and oxygen atoms in total. The number of nitrogens with one attached hydrogen (secondary N) is 1. The van der Waals surface area contributed by atoms with E-state index in [9.17, 15) is 32.7 Å². The number of dihydropyridines is 1. The highest BCUT2D eigenvalue weighted by atomic mass is 19.4.